The normalized spacial score (nSPS) is 15.9. The minimum absolute atomic E-state index is 0.124. The Labute approximate surface area is 163 Å². The molecule has 8 heteroatoms. The third-order valence-electron chi connectivity index (χ3n) is 4.38. The first-order valence-electron chi connectivity index (χ1n) is 8.42. The second-order valence-electron chi connectivity index (χ2n) is 6.18. The van der Waals surface area contributed by atoms with Crippen molar-refractivity contribution in [1.82, 2.24) is 4.72 Å². The zero-order valence-electron chi connectivity index (χ0n) is 14.7. The fraction of sp³-hybridized carbons (Fsp3) is 0.263. The first kappa shape index (κ1) is 19.4. The van der Waals surface area contributed by atoms with E-state index in [0.29, 0.717) is 28.3 Å². The van der Waals surface area contributed by atoms with Gasteiger partial charge in [-0.3, -0.25) is 4.79 Å². The Kier molecular flexibility index (Phi) is 5.85. The maximum Gasteiger partial charge on any atom is 0.240 e. The van der Waals surface area contributed by atoms with Crippen LogP contribution in [0.2, 0.25) is 0 Å². The molecule has 2 aromatic carbocycles. The zero-order chi connectivity index (χ0) is 19.4. The highest BCUT2D eigenvalue weighted by Gasteiger charge is 2.28. The molecule has 0 radical (unpaired) electrons. The fourth-order valence-electron chi connectivity index (χ4n) is 2.83. The number of hydrogen-bond acceptors (Lipinski definition) is 5. The van der Waals surface area contributed by atoms with E-state index in [2.05, 4.69) is 16.1 Å². The van der Waals surface area contributed by atoms with Gasteiger partial charge in [-0.2, -0.15) is 17.0 Å². The molecule has 0 saturated carbocycles. The number of thioether (sulfide) groups is 1. The van der Waals surface area contributed by atoms with Crippen molar-refractivity contribution in [3.63, 3.8) is 0 Å². The van der Waals surface area contributed by atoms with Gasteiger partial charge in [0.25, 0.3) is 0 Å². The Balaban J connectivity index is 1.55. The molecule has 3 rings (SSSR count). The number of carbonyl (C=O) groups is 1. The van der Waals surface area contributed by atoms with E-state index in [4.69, 9.17) is 5.26 Å². The van der Waals surface area contributed by atoms with Crippen LogP contribution in [0.25, 0.3) is 0 Å². The SMILES string of the molecule is C[C@@H]1C(=O)Nc2ccc(S(=O)(=O)NCCSCc3ccccc3C#N)cc21. The van der Waals surface area contributed by atoms with Crippen LogP contribution in [0.4, 0.5) is 5.69 Å². The lowest BCUT2D eigenvalue weighted by Gasteiger charge is -2.09. The number of amides is 1. The maximum atomic E-state index is 12.5. The van der Waals surface area contributed by atoms with Crippen molar-refractivity contribution in [3.8, 4) is 6.07 Å². The highest BCUT2D eigenvalue weighted by Crippen LogP contribution is 2.33. The van der Waals surface area contributed by atoms with Gasteiger partial charge >= 0.3 is 0 Å². The molecule has 0 unspecified atom stereocenters. The van der Waals surface area contributed by atoms with E-state index < -0.39 is 10.0 Å². The number of nitrogens with zero attached hydrogens (tertiary/aromatic N) is 1. The first-order chi connectivity index (χ1) is 12.9. The van der Waals surface area contributed by atoms with Crippen LogP contribution in [0.5, 0.6) is 0 Å². The minimum atomic E-state index is -3.64. The Hall–Kier alpha value is -2.34. The summed E-state index contributed by atoms with van der Waals surface area (Å²) in [5.74, 6) is 0.753. The van der Waals surface area contributed by atoms with Gasteiger partial charge in [-0.25, -0.2) is 13.1 Å². The van der Waals surface area contributed by atoms with Crippen LogP contribution in [-0.2, 0) is 20.6 Å². The summed E-state index contributed by atoms with van der Waals surface area (Å²) in [4.78, 5) is 11.9. The van der Waals surface area contributed by atoms with Crippen molar-refractivity contribution in [1.29, 1.82) is 5.26 Å². The van der Waals surface area contributed by atoms with Gasteiger partial charge in [0.05, 0.1) is 22.4 Å². The lowest BCUT2D eigenvalue weighted by atomic mass is 10.0. The fourth-order valence-corrected chi connectivity index (χ4v) is 4.89. The summed E-state index contributed by atoms with van der Waals surface area (Å²) in [7, 11) is -3.64. The Morgan fingerprint density at radius 3 is 2.81 bits per heavy atom. The van der Waals surface area contributed by atoms with Crippen LogP contribution in [0.15, 0.2) is 47.4 Å². The molecule has 1 atom stereocenters. The zero-order valence-corrected chi connectivity index (χ0v) is 16.4. The van der Waals surface area contributed by atoms with Crippen molar-refractivity contribution in [2.75, 3.05) is 17.6 Å². The number of anilines is 1. The third-order valence-corrected chi connectivity index (χ3v) is 6.85. The van der Waals surface area contributed by atoms with Crippen LogP contribution in [0.1, 0.15) is 29.5 Å². The monoisotopic (exact) mass is 401 g/mol. The molecule has 6 nitrogen and oxygen atoms in total. The minimum Gasteiger partial charge on any atom is -0.325 e. The molecule has 1 heterocycles. The second-order valence-corrected chi connectivity index (χ2v) is 9.05. The third kappa shape index (κ3) is 4.33. The molecule has 0 aromatic heterocycles. The van der Waals surface area contributed by atoms with Gasteiger partial charge in [0, 0.05) is 23.7 Å². The number of nitrogens with one attached hydrogen (secondary N) is 2. The summed E-state index contributed by atoms with van der Waals surface area (Å²) in [5.41, 5.74) is 2.95. The number of carbonyl (C=O) groups excluding carboxylic acids is 1. The van der Waals surface area contributed by atoms with E-state index in [1.54, 1.807) is 36.9 Å². The average molecular weight is 402 g/mol. The molecule has 0 aliphatic carbocycles. The van der Waals surface area contributed by atoms with Gasteiger partial charge < -0.3 is 5.32 Å². The van der Waals surface area contributed by atoms with E-state index in [1.807, 2.05) is 18.2 Å². The van der Waals surface area contributed by atoms with E-state index in [-0.39, 0.29) is 23.3 Å². The average Bonchev–Trinajstić information content (AvgIpc) is 2.95. The van der Waals surface area contributed by atoms with Gasteiger partial charge in [-0.15, -0.1) is 0 Å². The van der Waals surface area contributed by atoms with Crippen LogP contribution in [0.3, 0.4) is 0 Å². The molecule has 0 spiro atoms. The lowest BCUT2D eigenvalue weighted by molar-refractivity contribution is -0.116. The van der Waals surface area contributed by atoms with Crippen molar-refractivity contribution < 1.29 is 13.2 Å². The van der Waals surface area contributed by atoms with Crippen LogP contribution >= 0.6 is 11.8 Å². The van der Waals surface area contributed by atoms with Crippen molar-refractivity contribution in [2.45, 2.75) is 23.5 Å². The largest absolute Gasteiger partial charge is 0.325 e. The van der Waals surface area contributed by atoms with Crippen LogP contribution < -0.4 is 10.0 Å². The molecule has 0 fully saturated rings. The molecule has 1 aliphatic rings. The quantitative estimate of drug-likeness (QED) is 0.695. The molecule has 140 valence electrons. The number of hydrogen-bond donors (Lipinski definition) is 2. The Morgan fingerprint density at radius 2 is 2.04 bits per heavy atom. The first-order valence-corrected chi connectivity index (χ1v) is 11.1. The van der Waals surface area contributed by atoms with Gasteiger partial charge in [0.2, 0.25) is 15.9 Å². The Morgan fingerprint density at radius 1 is 1.26 bits per heavy atom. The standard InChI is InChI=1S/C19H19N3O3S2/c1-13-17-10-16(6-7-18(17)22-19(13)23)27(24,25)21-8-9-26-12-15-5-3-2-4-14(15)11-20/h2-7,10,13,21H,8-9,12H2,1H3,(H,22,23)/t13-/m0/s1. The summed E-state index contributed by atoms with van der Waals surface area (Å²) >= 11 is 1.56. The van der Waals surface area contributed by atoms with Gasteiger partial charge in [0.1, 0.15) is 0 Å². The Bertz CT molecular complexity index is 1010. The van der Waals surface area contributed by atoms with Crippen molar-refractivity contribution >= 4 is 33.4 Å². The maximum absolute atomic E-state index is 12.5. The molecule has 27 heavy (non-hydrogen) atoms. The second kappa shape index (κ2) is 8.13. The molecule has 2 aromatic rings. The molecule has 1 amide bonds. The molecule has 2 N–H and O–H groups in total. The van der Waals surface area contributed by atoms with E-state index in [0.717, 1.165) is 5.56 Å². The molecule has 0 bridgehead atoms. The summed E-state index contributed by atoms with van der Waals surface area (Å²) in [6.45, 7) is 2.03. The lowest BCUT2D eigenvalue weighted by Crippen LogP contribution is -2.26. The molecule has 0 saturated heterocycles. The summed E-state index contributed by atoms with van der Waals surface area (Å²) in [6, 6.07) is 14.2. The van der Waals surface area contributed by atoms with Crippen LogP contribution in [-0.4, -0.2) is 26.6 Å². The molecular formula is C19H19N3O3S2. The number of rotatable bonds is 7. The molecular weight excluding hydrogens is 382 g/mol. The summed E-state index contributed by atoms with van der Waals surface area (Å²) in [5, 5.41) is 11.8. The van der Waals surface area contributed by atoms with Gasteiger partial charge in [0.15, 0.2) is 0 Å². The van der Waals surface area contributed by atoms with E-state index in [9.17, 15) is 13.2 Å². The van der Waals surface area contributed by atoms with Crippen molar-refractivity contribution in [3.05, 3.63) is 59.2 Å². The van der Waals surface area contributed by atoms with Gasteiger partial charge in [-0.1, -0.05) is 18.2 Å². The number of fused-ring (bicyclic) bond motifs is 1. The van der Waals surface area contributed by atoms with E-state index >= 15 is 0 Å². The summed E-state index contributed by atoms with van der Waals surface area (Å²) < 4.78 is 27.6. The highest BCUT2D eigenvalue weighted by atomic mass is 32.2. The summed E-state index contributed by atoms with van der Waals surface area (Å²) in [6.07, 6.45) is 0. The smallest absolute Gasteiger partial charge is 0.240 e. The predicted molar refractivity (Wildman–Crippen MR) is 106 cm³/mol. The molecule has 1 aliphatic heterocycles. The number of nitriles is 1. The van der Waals surface area contributed by atoms with E-state index in [1.165, 1.54) is 6.07 Å². The van der Waals surface area contributed by atoms with Crippen molar-refractivity contribution in [2.24, 2.45) is 0 Å². The topological polar surface area (TPSA) is 99.1 Å². The number of benzene rings is 2. The highest BCUT2D eigenvalue weighted by molar-refractivity contribution is 7.98. The van der Waals surface area contributed by atoms with Crippen LogP contribution in [0, 0.1) is 11.3 Å². The predicted octanol–water partition coefficient (Wildman–Crippen LogP) is 2.83. The number of sulfonamides is 1. The van der Waals surface area contributed by atoms with Gasteiger partial charge in [-0.05, 0) is 42.3 Å².